The molecule has 8 nitrogen and oxygen atoms in total. The number of nitrogens with one attached hydrogen (secondary N) is 3. The molecule has 5 heterocycles. The van der Waals surface area contributed by atoms with E-state index in [0.29, 0.717) is 39.9 Å². The molecule has 5 rings (SSSR count). The number of alkyl halides is 3. The number of halogens is 3. The van der Waals surface area contributed by atoms with Gasteiger partial charge in [0.05, 0.1) is 5.69 Å². The van der Waals surface area contributed by atoms with Crippen molar-refractivity contribution in [2.24, 2.45) is 0 Å². The Hall–Kier alpha value is -3.12. The van der Waals surface area contributed by atoms with Crippen molar-refractivity contribution >= 4 is 28.3 Å². The van der Waals surface area contributed by atoms with Gasteiger partial charge in [-0.2, -0.15) is 13.2 Å². The Morgan fingerprint density at radius 3 is 2.70 bits per heavy atom. The van der Waals surface area contributed by atoms with Crippen LogP contribution in [0, 0.1) is 6.92 Å². The highest BCUT2D eigenvalue weighted by atomic mass is 32.1. The highest BCUT2D eigenvalue weighted by molar-refractivity contribution is 7.14. The number of hydrogen-bond donors (Lipinski definition) is 3. The normalized spacial score (nSPS) is 19.2. The van der Waals surface area contributed by atoms with Gasteiger partial charge in [-0.25, -0.2) is 15.0 Å². The number of H-pyrrole nitrogens is 1. The summed E-state index contributed by atoms with van der Waals surface area (Å²) in [5, 5.41) is 16.6. The van der Waals surface area contributed by atoms with Crippen LogP contribution in [0.2, 0.25) is 0 Å². The van der Waals surface area contributed by atoms with E-state index in [1.165, 1.54) is 17.5 Å². The molecule has 0 aliphatic carbocycles. The number of aromatic amines is 1. The van der Waals surface area contributed by atoms with Crippen LogP contribution >= 0.6 is 11.3 Å². The van der Waals surface area contributed by atoms with Gasteiger partial charge in [-0.15, -0.1) is 10.2 Å². The minimum Gasteiger partial charge on any atom is -0.350 e. The van der Waals surface area contributed by atoms with Gasteiger partial charge in [0.1, 0.15) is 21.9 Å². The maximum atomic E-state index is 13.8. The Kier molecular flexibility index (Phi) is 5.49. The van der Waals surface area contributed by atoms with Gasteiger partial charge in [0.15, 0.2) is 5.01 Å². The van der Waals surface area contributed by atoms with E-state index in [9.17, 15) is 13.2 Å². The Labute approximate surface area is 191 Å². The van der Waals surface area contributed by atoms with E-state index >= 15 is 0 Å². The first-order valence-corrected chi connectivity index (χ1v) is 11.3. The van der Waals surface area contributed by atoms with Gasteiger partial charge in [-0.1, -0.05) is 11.3 Å². The van der Waals surface area contributed by atoms with Crippen molar-refractivity contribution < 1.29 is 13.2 Å². The Balaban J connectivity index is 1.53. The van der Waals surface area contributed by atoms with E-state index in [-0.39, 0.29) is 17.7 Å². The summed E-state index contributed by atoms with van der Waals surface area (Å²) in [6, 6.07) is 3.91. The molecule has 33 heavy (non-hydrogen) atoms. The van der Waals surface area contributed by atoms with Gasteiger partial charge in [-0.05, 0) is 38.8 Å². The smallest absolute Gasteiger partial charge is 0.350 e. The quantitative estimate of drug-likeness (QED) is 0.402. The molecule has 0 aromatic carbocycles. The van der Waals surface area contributed by atoms with Crippen LogP contribution in [0.25, 0.3) is 33.0 Å². The summed E-state index contributed by atoms with van der Waals surface area (Å²) in [6.07, 6.45) is -0.405. The van der Waals surface area contributed by atoms with Gasteiger partial charge in [-0.3, -0.25) is 0 Å². The van der Waals surface area contributed by atoms with Crippen molar-refractivity contribution in [3.8, 4) is 22.0 Å². The molecule has 4 aromatic heterocycles. The summed E-state index contributed by atoms with van der Waals surface area (Å²) in [6.45, 7) is 4.65. The van der Waals surface area contributed by atoms with Crippen LogP contribution in [-0.4, -0.2) is 48.8 Å². The zero-order valence-electron chi connectivity index (χ0n) is 17.9. The zero-order valence-corrected chi connectivity index (χ0v) is 18.7. The molecule has 1 saturated heterocycles. The molecule has 0 spiro atoms. The lowest BCUT2D eigenvalue weighted by Gasteiger charge is -2.28. The fourth-order valence-electron chi connectivity index (χ4n) is 3.89. The molecule has 0 radical (unpaired) electrons. The summed E-state index contributed by atoms with van der Waals surface area (Å²) in [5.74, 6) is 0.169. The molecule has 1 aliphatic rings. The molecule has 0 bridgehead atoms. The predicted octanol–water partition coefficient (Wildman–Crippen LogP) is 4.42. The molecule has 2 atom stereocenters. The molecule has 4 aromatic rings. The first-order chi connectivity index (χ1) is 15.8. The van der Waals surface area contributed by atoms with Gasteiger partial charge >= 0.3 is 6.18 Å². The average Bonchev–Trinajstić information content (AvgIpc) is 3.40. The molecule has 1 fully saturated rings. The fraction of sp³-hybridized carbons (Fsp3) is 0.381. The van der Waals surface area contributed by atoms with Crippen LogP contribution in [0.15, 0.2) is 24.5 Å². The zero-order chi connectivity index (χ0) is 23.2. The third-order valence-electron chi connectivity index (χ3n) is 5.63. The highest BCUT2D eigenvalue weighted by Crippen LogP contribution is 2.39. The van der Waals surface area contributed by atoms with Crippen LogP contribution in [0.3, 0.4) is 0 Å². The van der Waals surface area contributed by atoms with Crippen LogP contribution < -0.4 is 10.6 Å². The lowest BCUT2D eigenvalue weighted by Crippen LogP contribution is -2.43. The molecular formula is C21H21F3N8S. The van der Waals surface area contributed by atoms with Gasteiger partial charge < -0.3 is 15.6 Å². The van der Waals surface area contributed by atoms with E-state index in [0.717, 1.165) is 24.0 Å². The van der Waals surface area contributed by atoms with Crippen LogP contribution in [0.5, 0.6) is 0 Å². The van der Waals surface area contributed by atoms with Crippen molar-refractivity contribution in [1.29, 1.82) is 0 Å². The van der Waals surface area contributed by atoms with Gasteiger partial charge in [0.2, 0.25) is 5.95 Å². The largest absolute Gasteiger partial charge is 0.419 e. The lowest BCUT2D eigenvalue weighted by molar-refractivity contribution is -0.137. The topological polar surface area (TPSA) is 104 Å². The summed E-state index contributed by atoms with van der Waals surface area (Å²) >= 11 is 1.40. The van der Waals surface area contributed by atoms with Gasteiger partial charge in [0, 0.05) is 42.0 Å². The molecule has 1 aliphatic heterocycles. The number of aromatic nitrogens is 6. The minimum atomic E-state index is -4.60. The molecule has 0 unspecified atom stereocenters. The second kappa shape index (κ2) is 8.34. The molecule has 3 N–H and O–H groups in total. The first kappa shape index (κ1) is 21.7. The van der Waals surface area contributed by atoms with E-state index in [1.807, 2.05) is 6.92 Å². The first-order valence-electron chi connectivity index (χ1n) is 10.5. The van der Waals surface area contributed by atoms with Gasteiger partial charge in [0.25, 0.3) is 0 Å². The Morgan fingerprint density at radius 2 is 2.00 bits per heavy atom. The SMILES string of the molecule is Cc1nnc(-c2ccc3c(-c4nc(N[C@@H]5CC[C@@H](C)NC5)ncc4C(F)(F)F)c[nH]c3n2)s1. The van der Waals surface area contributed by atoms with E-state index in [4.69, 9.17) is 0 Å². The molecule has 0 saturated carbocycles. The number of rotatable bonds is 4. The van der Waals surface area contributed by atoms with Crippen molar-refractivity contribution in [3.05, 3.63) is 35.1 Å². The minimum absolute atomic E-state index is 0.0494. The number of aryl methyl sites for hydroxylation is 1. The standard InChI is InChI=1S/C21H21F3N8S/c1-10-3-4-12(7-25-10)28-20-27-9-15(21(22,23)24)17(30-20)14-8-26-18-13(14)5-6-16(29-18)19-32-31-11(2)33-19/h5-6,8-10,12,25H,3-4,7H2,1-2H3,(H,26,29)(H,27,28,30)/t10-,12-/m1/s1. The molecular weight excluding hydrogens is 453 g/mol. The molecule has 12 heteroatoms. The van der Waals surface area contributed by atoms with Crippen molar-refractivity contribution in [3.63, 3.8) is 0 Å². The van der Waals surface area contributed by atoms with E-state index < -0.39 is 11.7 Å². The number of anilines is 1. The van der Waals surface area contributed by atoms with Crippen molar-refractivity contribution in [2.75, 3.05) is 11.9 Å². The van der Waals surface area contributed by atoms with E-state index in [2.05, 4.69) is 47.7 Å². The third-order valence-corrected chi connectivity index (χ3v) is 6.49. The maximum Gasteiger partial charge on any atom is 0.419 e. The number of hydrogen-bond acceptors (Lipinski definition) is 8. The lowest BCUT2D eigenvalue weighted by atomic mass is 10.0. The average molecular weight is 475 g/mol. The number of pyridine rings is 1. The number of nitrogens with zero attached hydrogens (tertiary/aromatic N) is 5. The molecule has 0 amide bonds. The third kappa shape index (κ3) is 4.40. The van der Waals surface area contributed by atoms with Crippen LogP contribution in [0.4, 0.5) is 19.1 Å². The molecule has 172 valence electrons. The maximum absolute atomic E-state index is 13.8. The van der Waals surface area contributed by atoms with Crippen molar-refractivity contribution in [1.82, 2.24) is 35.5 Å². The summed E-state index contributed by atoms with van der Waals surface area (Å²) in [7, 11) is 0. The monoisotopic (exact) mass is 474 g/mol. The van der Waals surface area contributed by atoms with Crippen molar-refractivity contribution in [2.45, 2.75) is 44.9 Å². The second-order valence-electron chi connectivity index (χ2n) is 8.10. The summed E-state index contributed by atoms with van der Waals surface area (Å²) in [4.78, 5) is 15.7. The summed E-state index contributed by atoms with van der Waals surface area (Å²) < 4.78 is 41.4. The predicted molar refractivity (Wildman–Crippen MR) is 120 cm³/mol. The van der Waals surface area contributed by atoms with Crippen LogP contribution in [-0.2, 0) is 6.18 Å². The second-order valence-corrected chi connectivity index (χ2v) is 9.28. The fourth-order valence-corrected chi connectivity index (χ4v) is 4.55. The number of piperidine rings is 1. The van der Waals surface area contributed by atoms with Crippen LogP contribution in [0.1, 0.15) is 30.3 Å². The van der Waals surface area contributed by atoms with E-state index in [1.54, 1.807) is 12.1 Å². The Morgan fingerprint density at radius 1 is 1.15 bits per heavy atom. The Bertz CT molecular complexity index is 1290. The summed E-state index contributed by atoms with van der Waals surface area (Å²) in [5.41, 5.74) is 0.271. The highest BCUT2D eigenvalue weighted by Gasteiger charge is 2.36. The number of fused-ring (bicyclic) bond motifs is 1.